The van der Waals surface area contributed by atoms with Crippen LogP contribution in [0.1, 0.15) is 17.3 Å². The summed E-state index contributed by atoms with van der Waals surface area (Å²) in [6.45, 7) is 0. The van der Waals surface area contributed by atoms with Gasteiger partial charge in [-0.3, -0.25) is 19.5 Å². The molecule has 1 aliphatic heterocycles. The highest BCUT2D eigenvalue weighted by molar-refractivity contribution is 6.51. The minimum atomic E-state index is -0.966. The van der Waals surface area contributed by atoms with Crippen LogP contribution in [0.5, 0.6) is 11.5 Å². The number of amides is 1. The highest BCUT2D eigenvalue weighted by Gasteiger charge is 2.48. The molecule has 2 aromatic carbocycles. The number of pyridine rings is 1. The Morgan fingerprint density at radius 2 is 1.84 bits per heavy atom. The Hall–Kier alpha value is -3.84. The second-order valence-electron chi connectivity index (χ2n) is 6.97. The summed E-state index contributed by atoms with van der Waals surface area (Å²) in [7, 11) is 2.94. The molecule has 1 atom stereocenters. The maximum Gasteiger partial charge on any atom is 0.300 e. The number of rotatable bonds is 5. The molecule has 4 rings (SSSR count). The van der Waals surface area contributed by atoms with Gasteiger partial charge in [-0.15, -0.1) is 0 Å². The lowest BCUT2D eigenvalue weighted by Crippen LogP contribution is -2.29. The van der Waals surface area contributed by atoms with E-state index in [1.807, 2.05) is 0 Å². The van der Waals surface area contributed by atoms with Crippen LogP contribution in [-0.4, -0.2) is 36.0 Å². The highest BCUT2D eigenvalue weighted by atomic mass is 35.5. The quantitative estimate of drug-likeness (QED) is 0.352. The van der Waals surface area contributed by atoms with Gasteiger partial charge in [0.15, 0.2) is 0 Å². The first-order valence-corrected chi connectivity index (χ1v) is 10.0. The average molecular weight is 451 g/mol. The van der Waals surface area contributed by atoms with Crippen LogP contribution in [0, 0.1) is 0 Å². The van der Waals surface area contributed by atoms with Crippen molar-refractivity contribution in [2.24, 2.45) is 0 Å². The summed E-state index contributed by atoms with van der Waals surface area (Å²) in [6, 6.07) is 15.6. The molecule has 0 saturated carbocycles. The van der Waals surface area contributed by atoms with E-state index in [0.717, 1.165) is 0 Å². The number of Topliss-reactive ketones (excluding diaryl/α,β-unsaturated/α-hetero) is 1. The van der Waals surface area contributed by atoms with Gasteiger partial charge >= 0.3 is 0 Å². The van der Waals surface area contributed by atoms with Gasteiger partial charge in [-0.05, 0) is 42.5 Å². The van der Waals surface area contributed by atoms with Crippen LogP contribution in [0.3, 0.4) is 0 Å². The molecular weight excluding hydrogens is 432 g/mol. The molecule has 0 radical (unpaired) electrons. The van der Waals surface area contributed by atoms with Gasteiger partial charge in [0, 0.05) is 23.0 Å². The molecule has 1 unspecified atom stereocenters. The van der Waals surface area contributed by atoms with Gasteiger partial charge in [0.25, 0.3) is 11.7 Å². The van der Waals surface area contributed by atoms with Crippen molar-refractivity contribution < 1.29 is 24.2 Å². The number of hydrogen-bond donors (Lipinski definition) is 1. The van der Waals surface area contributed by atoms with Crippen molar-refractivity contribution in [1.29, 1.82) is 0 Å². The number of aliphatic hydroxyl groups is 1. The maximum atomic E-state index is 13.2. The fourth-order valence-electron chi connectivity index (χ4n) is 3.69. The molecule has 0 spiro atoms. The Labute approximate surface area is 189 Å². The summed E-state index contributed by atoms with van der Waals surface area (Å²) >= 11 is 6.12. The van der Waals surface area contributed by atoms with Crippen LogP contribution in [0.25, 0.3) is 5.76 Å². The van der Waals surface area contributed by atoms with E-state index in [-0.39, 0.29) is 11.1 Å². The number of anilines is 1. The summed E-state index contributed by atoms with van der Waals surface area (Å²) in [5.41, 5.74) is 0.929. The second-order valence-corrected chi connectivity index (χ2v) is 7.41. The molecule has 3 aromatic rings. The third-order valence-corrected chi connectivity index (χ3v) is 5.40. The van der Waals surface area contributed by atoms with E-state index in [9.17, 15) is 14.7 Å². The number of methoxy groups -OCH3 is 2. The summed E-state index contributed by atoms with van der Waals surface area (Å²) < 4.78 is 10.6. The molecule has 1 N–H and O–H groups in total. The first-order chi connectivity index (χ1) is 15.5. The van der Waals surface area contributed by atoms with E-state index in [0.29, 0.717) is 27.9 Å². The maximum absolute atomic E-state index is 13.2. The lowest BCUT2D eigenvalue weighted by atomic mass is 9.97. The van der Waals surface area contributed by atoms with Crippen molar-refractivity contribution in [1.82, 2.24) is 4.98 Å². The van der Waals surface area contributed by atoms with Gasteiger partial charge in [-0.2, -0.15) is 0 Å². The van der Waals surface area contributed by atoms with Crippen molar-refractivity contribution in [2.45, 2.75) is 6.04 Å². The molecule has 1 amide bonds. The van der Waals surface area contributed by atoms with Crippen LogP contribution in [0.4, 0.5) is 5.69 Å². The van der Waals surface area contributed by atoms with Crippen LogP contribution in [0.2, 0.25) is 5.02 Å². The molecule has 7 nitrogen and oxygen atoms in total. The fraction of sp³-hybridized carbons (Fsp3) is 0.125. The number of carbonyl (C=O) groups is 2. The van der Waals surface area contributed by atoms with Gasteiger partial charge in [-0.1, -0.05) is 23.7 Å². The van der Waals surface area contributed by atoms with Crippen molar-refractivity contribution in [3.8, 4) is 11.5 Å². The number of aliphatic hydroxyl groups excluding tert-OH is 1. The summed E-state index contributed by atoms with van der Waals surface area (Å²) in [5, 5.41) is 11.6. The van der Waals surface area contributed by atoms with Crippen molar-refractivity contribution in [2.75, 3.05) is 19.1 Å². The average Bonchev–Trinajstić information content (AvgIpc) is 3.09. The lowest BCUT2D eigenvalue weighted by Gasteiger charge is -2.25. The van der Waals surface area contributed by atoms with Gasteiger partial charge in [0.05, 0.1) is 31.1 Å². The zero-order chi connectivity index (χ0) is 22.8. The third kappa shape index (κ3) is 3.67. The molecule has 1 fully saturated rings. The topological polar surface area (TPSA) is 89.0 Å². The van der Waals surface area contributed by atoms with E-state index >= 15 is 0 Å². The minimum Gasteiger partial charge on any atom is -0.507 e. The predicted octanol–water partition coefficient (Wildman–Crippen LogP) is 4.38. The van der Waals surface area contributed by atoms with E-state index in [4.69, 9.17) is 21.1 Å². The minimum absolute atomic E-state index is 0.114. The molecule has 0 aliphatic carbocycles. The summed E-state index contributed by atoms with van der Waals surface area (Å²) in [4.78, 5) is 32.0. The second kappa shape index (κ2) is 8.72. The zero-order valence-electron chi connectivity index (χ0n) is 17.3. The number of ketones is 1. The Morgan fingerprint density at radius 1 is 1.03 bits per heavy atom. The van der Waals surface area contributed by atoms with Gasteiger partial charge in [0.1, 0.15) is 23.3 Å². The molecule has 1 aliphatic rings. The number of halogens is 1. The van der Waals surface area contributed by atoms with E-state index in [2.05, 4.69) is 4.98 Å². The fourth-order valence-corrected chi connectivity index (χ4v) is 3.86. The Morgan fingerprint density at radius 3 is 2.53 bits per heavy atom. The summed E-state index contributed by atoms with van der Waals surface area (Å²) in [6.07, 6.45) is 1.56. The molecular formula is C24H19ClN2O5. The first-order valence-electron chi connectivity index (χ1n) is 9.66. The molecule has 32 heavy (non-hydrogen) atoms. The highest BCUT2D eigenvalue weighted by Crippen LogP contribution is 2.43. The van der Waals surface area contributed by atoms with Crippen molar-refractivity contribution in [3.63, 3.8) is 0 Å². The normalized spacial score (nSPS) is 17.5. The van der Waals surface area contributed by atoms with E-state index in [1.54, 1.807) is 60.8 Å². The summed E-state index contributed by atoms with van der Waals surface area (Å²) in [5.74, 6) is -1.22. The van der Waals surface area contributed by atoms with E-state index in [1.165, 1.54) is 25.2 Å². The van der Waals surface area contributed by atoms with Crippen LogP contribution >= 0.6 is 11.6 Å². The molecule has 1 aromatic heterocycles. The number of nitrogens with zero attached hydrogens (tertiary/aromatic N) is 2. The molecule has 1 saturated heterocycles. The van der Waals surface area contributed by atoms with Gasteiger partial charge in [-0.25, -0.2) is 0 Å². The molecule has 0 bridgehead atoms. The Balaban J connectivity index is 1.98. The molecule has 162 valence electrons. The van der Waals surface area contributed by atoms with Crippen LogP contribution in [0.15, 0.2) is 72.4 Å². The number of aromatic nitrogens is 1. The van der Waals surface area contributed by atoms with Crippen molar-refractivity contribution >= 4 is 34.7 Å². The predicted molar refractivity (Wildman–Crippen MR) is 120 cm³/mol. The Bertz CT molecular complexity index is 1230. The van der Waals surface area contributed by atoms with Gasteiger partial charge in [0.2, 0.25) is 0 Å². The number of carbonyl (C=O) groups excluding carboxylic acids is 2. The van der Waals surface area contributed by atoms with E-state index < -0.39 is 23.5 Å². The van der Waals surface area contributed by atoms with Crippen molar-refractivity contribution in [3.05, 3.63) is 88.7 Å². The molecule has 2 heterocycles. The third-order valence-electron chi connectivity index (χ3n) is 5.16. The first kappa shape index (κ1) is 21.4. The monoisotopic (exact) mass is 450 g/mol. The van der Waals surface area contributed by atoms with Crippen LogP contribution in [-0.2, 0) is 9.59 Å². The molecule has 8 heteroatoms. The number of benzene rings is 2. The number of ether oxygens (including phenoxy) is 2. The lowest BCUT2D eigenvalue weighted by molar-refractivity contribution is -0.132. The smallest absolute Gasteiger partial charge is 0.300 e. The number of hydrogen-bond acceptors (Lipinski definition) is 6. The zero-order valence-corrected chi connectivity index (χ0v) is 18.0. The standard InChI is InChI=1S/C24H19ClN2O5/c1-31-16-7-5-6-15(13-16)27-21(18-8-3-4-11-26-18)20(23(29)24(27)30)22(28)17-12-14(25)9-10-19(17)32-2/h3-13,21,28H,1-2H3/b22-20+. The SMILES string of the molecule is COc1cccc(N2C(=O)C(=O)/C(=C(/O)c3cc(Cl)ccc3OC)C2c2ccccn2)c1. The van der Waals surface area contributed by atoms with Gasteiger partial charge < -0.3 is 14.6 Å². The largest absolute Gasteiger partial charge is 0.507 e. The van der Waals surface area contributed by atoms with Crippen LogP contribution < -0.4 is 14.4 Å². The Kier molecular flexibility index (Phi) is 5.83.